The molecule has 1 unspecified atom stereocenters. The normalized spacial score (nSPS) is 27.1. The Hall–Kier alpha value is -0.630. The summed E-state index contributed by atoms with van der Waals surface area (Å²) in [6, 6.07) is 8.17. The lowest BCUT2D eigenvalue weighted by molar-refractivity contribution is 0.0974. The van der Waals surface area contributed by atoms with Crippen LogP contribution in [0.1, 0.15) is 48.0 Å². The molecule has 0 saturated heterocycles. The monoisotopic (exact) mass is 278 g/mol. The van der Waals surface area contributed by atoms with E-state index in [2.05, 4.69) is 28.1 Å². The summed E-state index contributed by atoms with van der Waals surface area (Å²) in [6.45, 7) is 0. The molecule has 2 heteroatoms. The van der Waals surface area contributed by atoms with Crippen LogP contribution in [-0.4, -0.2) is 10.6 Å². The highest BCUT2D eigenvalue weighted by Gasteiger charge is 2.50. The first-order chi connectivity index (χ1) is 7.76. The van der Waals surface area contributed by atoms with Gasteiger partial charge in [-0.25, -0.2) is 0 Å². The molecule has 2 aliphatic carbocycles. The molecule has 0 heterocycles. The van der Waals surface area contributed by atoms with Gasteiger partial charge < -0.3 is 0 Å². The molecule has 1 spiro atoms. The minimum Gasteiger partial charge on any atom is -0.293 e. The fourth-order valence-corrected chi connectivity index (χ4v) is 4.31. The van der Waals surface area contributed by atoms with Gasteiger partial charge in [0.2, 0.25) is 0 Å². The highest BCUT2D eigenvalue weighted by atomic mass is 79.9. The van der Waals surface area contributed by atoms with Crippen LogP contribution >= 0.6 is 15.9 Å². The molecule has 84 valence electrons. The molecule has 16 heavy (non-hydrogen) atoms. The molecule has 1 saturated carbocycles. The topological polar surface area (TPSA) is 17.1 Å². The summed E-state index contributed by atoms with van der Waals surface area (Å²) in [5.41, 5.74) is 2.35. The molecular formula is C14H15BrO. The highest BCUT2D eigenvalue weighted by Crippen LogP contribution is 2.51. The van der Waals surface area contributed by atoms with Crippen molar-refractivity contribution in [3.05, 3.63) is 35.4 Å². The van der Waals surface area contributed by atoms with E-state index in [1.807, 2.05) is 12.1 Å². The second kappa shape index (κ2) is 3.69. The number of rotatable bonds is 0. The van der Waals surface area contributed by atoms with Crippen molar-refractivity contribution < 1.29 is 4.79 Å². The molecular weight excluding hydrogens is 264 g/mol. The molecule has 0 aliphatic heterocycles. The Bertz CT molecular complexity index is 432. The van der Waals surface area contributed by atoms with Crippen LogP contribution in [0.3, 0.4) is 0 Å². The van der Waals surface area contributed by atoms with Crippen LogP contribution in [0.15, 0.2) is 24.3 Å². The Labute approximate surface area is 104 Å². The van der Waals surface area contributed by atoms with Crippen molar-refractivity contribution in [2.24, 2.45) is 0 Å². The summed E-state index contributed by atoms with van der Waals surface area (Å²) in [7, 11) is 0. The van der Waals surface area contributed by atoms with Gasteiger partial charge >= 0.3 is 0 Å². The number of benzene rings is 1. The molecule has 1 atom stereocenters. The maximum Gasteiger partial charge on any atom is 0.177 e. The van der Waals surface area contributed by atoms with Gasteiger partial charge in [0, 0.05) is 11.0 Å². The fraction of sp³-hybridized carbons (Fsp3) is 0.500. The average Bonchev–Trinajstić information content (AvgIpc) is 2.55. The largest absolute Gasteiger partial charge is 0.293 e. The second-order valence-electron chi connectivity index (χ2n) is 4.99. The van der Waals surface area contributed by atoms with E-state index in [0.29, 0.717) is 0 Å². The van der Waals surface area contributed by atoms with Crippen molar-refractivity contribution in [3.8, 4) is 0 Å². The van der Waals surface area contributed by atoms with Crippen molar-refractivity contribution in [2.45, 2.75) is 42.3 Å². The first kappa shape index (κ1) is 10.5. The molecule has 2 aliphatic rings. The number of hydrogen-bond acceptors (Lipinski definition) is 1. The van der Waals surface area contributed by atoms with Crippen LogP contribution in [0.4, 0.5) is 0 Å². The number of halogens is 1. The first-order valence-electron chi connectivity index (χ1n) is 6.03. The SMILES string of the molecule is O=C1c2ccccc2C2(CCCCC2)C1Br. The van der Waals surface area contributed by atoms with Crippen LogP contribution in [0, 0.1) is 0 Å². The van der Waals surface area contributed by atoms with Gasteiger partial charge in [0.05, 0.1) is 4.83 Å². The molecule has 0 radical (unpaired) electrons. The van der Waals surface area contributed by atoms with Gasteiger partial charge in [-0.05, 0) is 18.4 Å². The summed E-state index contributed by atoms with van der Waals surface area (Å²) < 4.78 is 0. The third-order valence-electron chi connectivity index (χ3n) is 4.19. The summed E-state index contributed by atoms with van der Waals surface area (Å²) in [5.74, 6) is 0.289. The molecule has 0 aromatic heterocycles. The maximum absolute atomic E-state index is 12.2. The van der Waals surface area contributed by atoms with E-state index in [-0.39, 0.29) is 16.0 Å². The van der Waals surface area contributed by atoms with Gasteiger partial charge in [-0.15, -0.1) is 0 Å². The number of Topliss-reactive ketones (excluding diaryl/α,β-unsaturated/α-hetero) is 1. The molecule has 0 amide bonds. The molecule has 1 aromatic carbocycles. The molecule has 0 bridgehead atoms. The lowest BCUT2D eigenvalue weighted by atomic mass is 9.70. The van der Waals surface area contributed by atoms with Gasteiger partial charge in [0.25, 0.3) is 0 Å². The van der Waals surface area contributed by atoms with E-state index < -0.39 is 0 Å². The number of ketones is 1. The fourth-order valence-electron chi connectivity index (χ4n) is 3.36. The second-order valence-corrected chi connectivity index (χ2v) is 5.90. The number of fused-ring (bicyclic) bond motifs is 2. The Morgan fingerprint density at radius 2 is 1.81 bits per heavy atom. The Morgan fingerprint density at radius 3 is 2.56 bits per heavy atom. The summed E-state index contributed by atoms with van der Waals surface area (Å²) >= 11 is 3.65. The number of hydrogen-bond donors (Lipinski definition) is 0. The Kier molecular flexibility index (Phi) is 2.43. The average molecular weight is 279 g/mol. The summed E-state index contributed by atoms with van der Waals surface area (Å²) in [6.07, 6.45) is 6.14. The van der Waals surface area contributed by atoms with Crippen molar-refractivity contribution in [1.82, 2.24) is 0 Å². The van der Waals surface area contributed by atoms with Gasteiger partial charge in [-0.3, -0.25) is 4.79 Å². The number of alkyl halides is 1. The third-order valence-corrected chi connectivity index (χ3v) is 5.48. The summed E-state index contributed by atoms with van der Waals surface area (Å²) in [4.78, 5) is 12.2. The van der Waals surface area contributed by atoms with E-state index in [4.69, 9.17) is 0 Å². The van der Waals surface area contributed by atoms with E-state index in [0.717, 1.165) is 18.4 Å². The molecule has 0 N–H and O–H groups in total. The molecule has 1 aromatic rings. The van der Waals surface area contributed by atoms with Crippen LogP contribution in [-0.2, 0) is 5.41 Å². The van der Waals surface area contributed by atoms with Crippen molar-refractivity contribution in [1.29, 1.82) is 0 Å². The van der Waals surface area contributed by atoms with E-state index in [1.165, 1.54) is 24.8 Å². The van der Waals surface area contributed by atoms with Gasteiger partial charge in [0.1, 0.15) is 0 Å². The molecule has 1 nitrogen and oxygen atoms in total. The first-order valence-corrected chi connectivity index (χ1v) is 6.95. The van der Waals surface area contributed by atoms with Crippen LogP contribution in [0.5, 0.6) is 0 Å². The third kappa shape index (κ3) is 1.26. The lowest BCUT2D eigenvalue weighted by Gasteiger charge is -2.36. The lowest BCUT2D eigenvalue weighted by Crippen LogP contribution is -2.36. The highest BCUT2D eigenvalue weighted by molar-refractivity contribution is 9.10. The minimum atomic E-state index is 0.0118. The van der Waals surface area contributed by atoms with Gasteiger partial charge in [-0.2, -0.15) is 0 Å². The Morgan fingerprint density at radius 1 is 1.12 bits per heavy atom. The van der Waals surface area contributed by atoms with Crippen molar-refractivity contribution in [3.63, 3.8) is 0 Å². The van der Waals surface area contributed by atoms with E-state index >= 15 is 0 Å². The molecule has 1 fully saturated rings. The van der Waals surface area contributed by atoms with E-state index in [1.54, 1.807) is 0 Å². The number of carbonyl (C=O) groups is 1. The summed E-state index contributed by atoms with van der Waals surface area (Å²) in [5, 5.41) is 0. The van der Waals surface area contributed by atoms with Gasteiger partial charge in [-0.1, -0.05) is 59.5 Å². The van der Waals surface area contributed by atoms with Crippen LogP contribution in [0.25, 0.3) is 0 Å². The predicted molar refractivity (Wildman–Crippen MR) is 68.3 cm³/mol. The maximum atomic E-state index is 12.2. The zero-order valence-electron chi connectivity index (χ0n) is 9.21. The van der Waals surface area contributed by atoms with Crippen LogP contribution in [0.2, 0.25) is 0 Å². The van der Waals surface area contributed by atoms with E-state index in [9.17, 15) is 4.79 Å². The van der Waals surface area contributed by atoms with Gasteiger partial charge in [0.15, 0.2) is 5.78 Å². The van der Waals surface area contributed by atoms with Crippen molar-refractivity contribution in [2.75, 3.05) is 0 Å². The number of carbonyl (C=O) groups excluding carboxylic acids is 1. The van der Waals surface area contributed by atoms with Crippen LogP contribution < -0.4 is 0 Å². The predicted octanol–water partition coefficient (Wildman–Crippen LogP) is 3.85. The zero-order chi connectivity index (χ0) is 11.2. The Balaban J connectivity index is 2.15. The van der Waals surface area contributed by atoms with Crippen molar-refractivity contribution >= 4 is 21.7 Å². The molecule has 3 rings (SSSR count). The quantitative estimate of drug-likeness (QED) is 0.659. The smallest absolute Gasteiger partial charge is 0.177 e. The minimum absolute atomic E-state index is 0.0118. The standard InChI is InChI=1S/C14H15BrO/c15-13-12(16)10-6-2-3-7-11(10)14(13)8-4-1-5-9-14/h2-3,6-7,13H,1,4-5,8-9H2. The zero-order valence-corrected chi connectivity index (χ0v) is 10.8.